The van der Waals surface area contributed by atoms with Crippen molar-refractivity contribution in [1.29, 1.82) is 0 Å². The zero-order valence-electron chi connectivity index (χ0n) is 47.8. The van der Waals surface area contributed by atoms with Gasteiger partial charge in [-0.25, -0.2) is 0 Å². The highest BCUT2D eigenvalue weighted by Crippen LogP contribution is 2.71. The lowest BCUT2D eigenvalue weighted by atomic mass is 9.93. The van der Waals surface area contributed by atoms with Crippen LogP contribution >= 0.6 is 18.1 Å². The van der Waals surface area contributed by atoms with Crippen LogP contribution in [-0.4, -0.2) is 39.6 Å². The maximum Gasteiger partial charge on any atom is 0.171 e. The molecule has 0 fully saturated rings. The molecular formula is C66H81O6P3S3. The normalized spacial score (nSPS) is 18.4. The van der Waals surface area contributed by atoms with Gasteiger partial charge in [0.25, 0.3) is 0 Å². The Morgan fingerprint density at radius 3 is 0.628 bits per heavy atom. The Balaban J connectivity index is 1.42. The van der Waals surface area contributed by atoms with E-state index in [1.54, 1.807) is 0 Å². The molecule has 10 rings (SSSR count). The summed E-state index contributed by atoms with van der Waals surface area (Å²) < 4.78 is 43.3. The highest BCUT2D eigenvalue weighted by atomic mass is 32.4. The minimum absolute atomic E-state index is 0.403. The van der Waals surface area contributed by atoms with E-state index in [4.69, 9.17) is 63.8 Å². The van der Waals surface area contributed by atoms with Gasteiger partial charge in [-0.3, -0.25) is 0 Å². The number of rotatable bonds is 30. The van der Waals surface area contributed by atoms with Gasteiger partial charge in [-0.1, -0.05) is 187 Å². The lowest BCUT2D eigenvalue weighted by molar-refractivity contribution is 0.292. The average Bonchev–Trinajstić information content (AvgIpc) is 1.98. The van der Waals surface area contributed by atoms with E-state index < -0.39 is 18.1 Å². The second-order valence-electron chi connectivity index (χ2n) is 21.2. The first-order valence-electron chi connectivity index (χ1n) is 29.7. The van der Waals surface area contributed by atoms with E-state index in [2.05, 4.69) is 135 Å². The van der Waals surface area contributed by atoms with Crippen molar-refractivity contribution >= 4 is 134 Å². The maximum atomic E-state index is 7.70. The van der Waals surface area contributed by atoms with Gasteiger partial charge in [-0.2, -0.15) is 0 Å². The van der Waals surface area contributed by atoms with E-state index in [0.29, 0.717) is 74.1 Å². The Morgan fingerprint density at radius 1 is 0.269 bits per heavy atom. The van der Waals surface area contributed by atoms with E-state index in [1.165, 1.54) is 74.5 Å². The van der Waals surface area contributed by atoms with Crippen molar-refractivity contribution in [2.75, 3.05) is 39.6 Å². The molecule has 0 saturated carbocycles. The molecule has 414 valence electrons. The van der Waals surface area contributed by atoms with Gasteiger partial charge in [0.05, 0.1) is 39.6 Å². The monoisotopic (exact) mass is 1160 g/mol. The molecule has 0 saturated heterocycles. The van der Waals surface area contributed by atoms with Gasteiger partial charge in [0.2, 0.25) is 0 Å². The summed E-state index contributed by atoms with van der Waals surface area (Å²) in [4.78, 5) is 0. The first-order chi connectivity index (χ1) is 38.0. The number of ether oxygens (including phenoxy) is 6. The number of benzene rings is 7. The zero-order chi connectivity index (χ0) is 54.9. The van der Waals surface area contributed by atoms with Crippen LogP contribution < -0.4 is 76.2 Å². The quantitative estimate of drug-likeness (QED) is 0.0249. The van der Waals surface area contributed by atoms with E-state index >= 15 is 0 Å². The molecular weight excluding hydrogens is 1080 g/mol. The number of aryl methyl sites for hydroxylation is 3. The van der Waals surface area contributed by atoms with Crippen molar-refractivity contribution in [3.05, 3.63) is 89.5 Å². The zero-order valence-corrected chi connectivity index (χ0v) is 52.9. The molecule has 0 spiro atoms. The second kappa shape index (κ2) is 24.3. The fourth-order valence-electron chi connectivity index (χ4n) is 13.0. The fourth-order valence-corrected chi connectivity index (χ4v) is 27.1. The first-order valence-corrected chi connectivity index (χ1v) is 38.1. The molecule has 7 aromatic rings. The molecule has 0 amide bonds. The van der Waals surface area contributed by atoms with E-state index in [0.717, 1.165) is 119 Å². The molecule has 12 heteroatoms. The van der Waals surface area contributed by atoms with Crippen molar-refractivity contribution in [1.82, 2.24) is 0 Å². The Bertz CT molecular complexity index is 3000. The van der Waals surface area contributed by atoms with Gasteiger partial charge in [0.1, 0.15) is 0 Å². The lowest BCUT2D eigenvalue weighted by Crippen LogP contribution is -2.28. The van der Waals surface area contributed by atoms with Crippen LogP contribution in [0.3, 0.4) is 0 Å². The predicted octanol–water partition coefficient (Wildman–Crippen LogP) is 14.1. The van der Waals surface area contributed by atoms with Crippen LogP contribution in [0.5, 0.6) is 34.5 Å². The molecule has 3 heterocycles. The standard InChI is InChI=1S/C66H81O6P3S3/c1-10-19-22-25-28-43-31-37-46(38-32-43)73(76)61-49-50-52-54-53-51(49)63(57(69-15-6)55(61)67-13-4)74(77,47-39-33-44(34-40-47)29-26-23-20-11-2)65(53)59(71-17-8)60(72-18-9)66(54)75(78,48-41-35-45(36-42-48)30-27-24-21-12-3)64(52)58(70-16-7)56(62(50)73)68-14-5/h31-42H,10-30H2,1-9H3. The van der Waals surface area contributed by atoms with Gasteiger partial charge in [0.15, 0.2) is 34.5 Å². The Kier molecular flexibility index (Phi) is 17.8. The summed E-state index contributed by atoms with van der Waals surface area (Å²) in [7, 11) is 0. The summed E-state index contributed by atoms with van der Waals surface area (Å²) in [6.07, 6.45) is 17.5. The summed E-state index contributed by atoms with van der Waals surface area (Å²) in [5.41, 5.74) is 3.95. The minimum atomic E-state index is -3.13. The van der Waals surface area contributed by atoms with Gasteiger partial charge >= 0.3 is 0 Å². The van der Waals surface area contributed by atoms with Gasteiger partial charge in [0, 0.05) is 82.3 Å². The summed E-state index contributed by atoms with van der Waals surface area (Å²) in [5.74, 6) is 4.16. The van der Waals surface area contributed by atoms with Crippen molar-refractivity contribution in [2.24, 2.45) is 0 Å². The molecule has 0 N–H and O–H groups in total. The van der Waals surface area contributed by atoms with E-state index in [-0.39, 0.29) is 0 Å². The van der Waals surface area contributed by atoms with Crippen LogP contribution in [0.1, 0.15) is 156 Å². The Morgan fingerprint density at radius 2 is 0.462 bits per heavy atom. The Labute approximate surface area is 481 Å². The predicted molar refractivity (Wildman–Crippen MR) is 348 cm³/mol. The molecule has 3 aliphatic rings. The van der Waals surface area contributed by atoms with Gasteiger partial charge in [-0.05, 0) is 113 Å². The molecule has 3 aliphatic heterocycles. The third kappa shape index (κ3) is 9.09. The van der Waals surface area contributed by atoms with Crippen LogP contribution in [0.2, 0.25) is 0 Å². The smallest absolute Gasteiger partial charge is 0.171 e. The van der Waals surface area contributed by atoms with Crippen molar-refractivity contribution < 1.29 is 28.4 Å². The molecule has 0 bridgehead atoms. The topological polar surface area (TPSA) is 55.4 Å². The van der Waals surface area contributed by atoms with Crippen LogP contribution in [0.25, 0.3) is 32.3 Å². The third-order valence-electron chi connectivity index (χ3n) is 16.3. The third-order valence-corrected chi connectivity index (χ3v) is 30.9. The van der Waals surface area contributed by atoms with E-state index in [9.17, 15) is 0 Å². The van der Waals surface area contributed by atoms with Crippen LogP contribution in [0.4, 0.5) is 0 Å². The number of unbranched alkanes of at least 4 members (excludes halogenated alkanes) is 9. The van der Waals surface area contributed by atoms with Gasteiger partial charge < -0.3 is 28.4 Å². The molecule has 78 heavy (non-hydrogen) atoms. The van der Waals surface area contributed by atoms with Crippen LogP contribution in [0, 0.1) is 0 Å². The number of hydrogen-bond donors (Lipinski definition) is 0. The fraction of sp³-hybridized carbons (Fsp3) is 0.455. The SMILES string of the molecule is CCCCCCc1ccc(P2(=S)c3c(OCC)c(OCC)c4c5c3c3c2c(OCC)c(OCC)c2c3c3c(c(OCC)c(OCC)c(c53)P4(=S)c3ccc(CCCCCC)cc3)P2(=S)c2ccc(CCCCCC)cc2)cc1. The van der Waals surface area contributed by atoms with Gasteiger partial charge in [-0.15, -0.1) is 0 Å². The molecule has 0 aliphatic carbocycles. The second-order valence-corrected chi connectivity index (χ2v) is 34.0. The summed E-state index contributed by atoms with van der Waals surface area (Å²) >= 11 is 23.1. The number of hydrogen-bond acceptors (Lipinski definition) is 9. The molecule has 0 atom stereocenters. The first kappa shape index (κ1) is 57.3. The van der Waals surface area contributed by atoms with Crippen molar-refractivity contribution in [3.63, 3.8) is 0 Å². The highest BCUT2D eigenvalue weighted by molar-refractivity contribution is 8.28. The van der Waals surface area contributed by atoms with Crippen LogP contribution in [0.15, 0.2) is 72.8 Å². The van der Waals surface area contributed by atoms with Crippen molar-refractivity contribution in [2.45, 2.75) is 159 Å². The molecule has 0 aromatic heterocycles. The van der Waals surface area contributed by atoms with Crippen molar-refractivity contribution in [3.8, 4) is 34.5 Å². The van der Waals surface area contributed by atoms with E-state index in [1.807, 2.05) is 0 Å². The summed E-state index contributed by atoms with van der Waals surface area (Å²) in [6, 6.07) is 18.4. The molecule has 7 aromatic carbocycles. The minimum Gasteiger partial charge on any atom is -0.489 e. The maximum absolute atomic E-state index is 7.70. The average molecular weight is 1160 g/mol. The van der Waals surface area contributed by atoms with Crippen LogP contribution in [-0.2, 0) is 54.7 Å². The lowest BCUT2D eigenvalue weighted by Gasteiger charge is -2.29. The Hall–Kier alpha value is -3.93. The largest absolute Gasteiger partial charge is 0.489 e. The summed E-state index contributed by atoms with van der Waals surface area (Å²) in [6.45, 7) is 21.6. The molecule has 0 unspecified atom stereocenters. The highest BCUT2D eigenvalue weighted by Gasteiger charge is 2.56. The molecule has 0 radical (unpaired) electrons. The summed E-state index contributed by atoms with van der Waals surface area (Å²) in [5, 5.41) is 15.8. The molecule has 6 nitrogen and oxygen atoms in total.